The van der Waals surface area contributed by atoms with Gasteiger partial charge in [0, 0.05) is 71.7 Å². The topological polar surface area (TPSA) is 135 Å². The molecule has 15 aromatic rings. The summed E-state index contributed by atoms with van der Waals surface area (Å²) < 4.78 is 49.8. The van der Waals surface area contributed by atoms with Crippen LogP contribution in [0.2, 0.25) is 0 Å². The van der Waals surface area contributed by atoms with Crippen molar-refractivity contribution in [3.05, 3.63) is 278 Å². The van der Waals surface area contributed by atoms with Gasteiger partial charge < -0.3 is 9.13 Å². The third-order valence-corrected chi connectivity index (χ3v) is 15.9. The van der Waals surface area contributed by atoms with Crippen LogP contribution in [-0.4, -0.2) is 39.0 Å². The van der Waals surface area contributed by atoms with Crippen molar-refractivity contribution in [3.8, 4) is 114 Å². The highest BCUT2D eigenvalue weighted by Gasteiger charge is 2.35. The molecule has 10 nitrogen and oxygen atoms in total. The van der Waals surface area contributed by atoms with E-state index in [1.165, 1.54) is 12.1 Å². The predicted octanol–water partition coefficient (Wildman–Crippen LogP) is 18.3. The van der Waals surface area contributed by atoms with E-state index in [2.05, 4.69) is 33.4 Å². The van der Waals surface area contributed by atoms with E-state index in [0.717, 1.165) is 83.1 Å². The van der Waals surface area contributed by atoms with E-state index in [4.69, 9.17) is 29.9 Å². The second-order valence-electron chi connectivity index (χ2n) is 21.2. The van der Waals surface area contributed by atoms with Gasteiger partial charge in [-0.2, -0.15) is 23.7 Å². The van der Waals surface area contributed by atoms with Crippen LogP contribution in [0.25, 0.3) is 146 Å². The Morgan fingerprint density at radius 3 is 1.19 bits per heavy atom. The van der Waals surface area contributed by atoms with E-state index in [9.17, 15) is 10.5 Å². The molecule has 11 aromatic carbocycles. The maximum atomic E-state index is 15.2. The van der Waals surface area contributed by atoms with Gasteiger partial charge in [0.25, 0.3) is 0 Å². The predicted molar refractivity (Wildman–Crippen MR) is 340 cm³/mol. The Hall–Kier alpha value is -12.2. The molecule has 0 aliphatic carbocycles. The van der Waals surface area contributed by atoms with Crippen molar-refractivity contribution in [3.63, 3.8) is 0 Å². The molecule has 0 amide bonds. The molecule has 0 N–H and O–H groups in total. The number of benzene rings is 11. The summed E-state index contributed by atoms with van der Waals surface area (Å²) in [6.45, 7) is 0. The van der Waals surface area contributed by atoms with E-state index in [0.29, 0.717) is 63.0 Å². The number of para-hydroxylation sites is 2. The number of aromatic nitrogens is 8. The Kier molecular flexibility index (Phi) is 12.8. The lowest BCUT2D eigenvalue weighted by atomic mass is 9.91. The van der Waals surface area contributed by atoms with Gasteiger partial charge in [0.1, 0.15) is 0 Å². The van der Waals surface area contributed by atoms with Crippen LogP contribution < -0.4 is 0 Å². The molecule has 0 saturated carbocycles. The minimum atomic E-state index is -4.81. The van der Waals surface area contributed by atoms with Crippen molar-refractivity contribution in [2.75, 3.05) is 0 Å². The third-order valence-electron chi connectivity index (χ3n) is 15.9. The van der Waals surface area contributed by atoms with E-state index < -0.39 is 11.7 Å². The fraction of sp³-hybridized carbons (Fsp3) is 0.0133. The number of nitrogens with zero attached hydrogens (tertiary/aromatic N) is 10. The monoisotopic (exact) mass is 1140 g/mol. The maximum absolute atomic E-state index is 15.2. The summed E-state index contributed by atoms with van der Waals surface area (Å²) in [7, 11) is 0. The lowest BCUT2D eigenvalue weighted by molar-refractivity contribution is -0.137. The lowest BCUT2D eigenvalue weighted by Gasteiger charge is -2.19. The minimum Gasteiger partial charge on any atom is -0.309 e. The summed E-state index contributed by atoms with van der Waals surface area (Å²) in [5.41, 5.74) is 9.79. The molecule has 0 aliphatic rings. The van der Waals surface area contributed by atoms with Crippen molar-refractivity contribution in [1.82, 2.24) is 39.0 Å². The minimum absolute atomic E-state index is 0.119. The zero-order chi connectivity index (χ0) is 59.5. The van der Waals surface area contributed by atoms with Gasteiger partial charge in [0.2, 0.25) is 0 Å². The van der Waals surface area contributed by atoms with Crippen LogP contribution in [0.3, 0.4) is 0 Å². The molecule has 4 heterocycles. The standard InChI is InChI=1S/C75H43F3N10/c76-75(77,78)63-39-46(44-79)29-35-56(63)51-31-36-68(88-65-28-16-14-26-58(65)61-42-53(33-38-67(61)88)74-85-71(49-21-9-3-10-22-49)82-72(86-74)50-23-11-4-12-24-50)62(40-51)59-43-55(34-30-54(59)45-80)87-64-27-15-13-25-57(64)60-41-52(32-37-66(60)87)73-83-69(47-17-5-1-6-18-47)81-70(84-73)48-19-7-2-8-20-48/h1-43H. The molecule has 0 aliphatic heterocycles. The molecule has 13 heteroatoms. The van der Waals surface area contributed by atoms with Gasteiger partial charge in [0.05, 0.1) is 56.6 Å². The zero-order valence-corrected chi connectivity index (χ0v) is 46.4. The first-order valence-corrected chi connectivity index (χ1v) is 28.3. The van der Waals surface area contributed by atoms with Crippen LogP contribution in [0.1, 0.15) is 16.7 Å². The SMILES string of the molecule is N#Cc1ccc(-c2ccc(-n3c4ccccc4c4cc(-c5nc(-c6ccccc6)nc(-c6ccccc6)n5)ccc43)c(-c3cc(-n4c5ccccc5c5cc(-c6nc(-c7ccccc7)nc(-c7ccccc7)n6)ccc54)ccc3C#N)c2)c(C(F)(F)F)c1. The largest absolute Gasteiger partial charge is 0.417 e. The molecule has 0 spiro atoms. The first kappa shape index (κ1) is 52.6. The Bertz CT molecular complexity index is 5220. The van der Waals surface area contributed by atoms with E-state index >= 15 is 13.2 Å². The smallest absolute Gasteiger partial charge is 0.309 e. The van der Waals surface area contributed by atoms with Crippen molar-refractivity contribution in [1.29, 1.82) is 10.5 Å². The summed E-state index contributed by atoms with van der Waals surface area (Å²) in [6, 6.07) is 86.1. The van der Waals surface area contributed by atoms with Crippen molar-refractivity contribution in [2.24, 2.45) is 0 Å². The average Bonchev–Trinajstić information content (AvgIpc) is 1.62. The number of rotatable bonds is 10. The molecular formula is C75H43F3N10. The lowest BCUT2D eigenvalue weighted by Crippen LogP contribution is -2.08. The summed E-state index contributed by atoms with van der Waals surface area (Å²) >= 11 is 0. The van der Waals surface area contributed by atoms with E-state index in [1.54, 1.807) is 18.2 Å². The summed E-state index contributed by atoms with van der Waals surface area (Å²) in [6.07, 6.45) is -4.81. The fourth-order valence-electron chi connectivity index (χ4n) is 11.8. The van der Waals surface area contributed by atoms with Gasteiger partial charge in [-0.25, -0.2) is 29.9 Å². The number of hydrogen-bond acceptors (Lipinski definition) is 8. The molecule has 0 fully saturated rings. The quantitative estimate of drug-likeness (QED) is 0.132. The van der Waals surface area contributed by atoms with E-state index in [1.807, 2.05) is 212 Å². The number of halogens is 3. The van der Waals surface area contributed by atoms with Gasteiger partial charge >= 0.3 is 6.18 Å². The molecule has 0 unspecified atom stereocenters. The summed E-state index contributed by atoms with van der Waals surface area (Å²) in [5.74, 6) is 3.07. The summed E-state index contributed by atoms with van der Waals surface area (Å²) in [4.78, 5) is 30.0. The van der Waals surface area contributed by atoms with Crippen molar-refractivity contribution >= 4 is 43.6 Å². The van der Waals surface area contributed by atoms with Crippen LogP contribution in [0, 0.1) is 22.7 Å². The van der Waals surface area contributed by atoms with Crippen LogP contribution in [-0.2, 0) is 6.18 Å². The second kappa shape index (κ2) is 21.5. The molecule has 0 radical (unpaired) electrons. The Morgan fingerprint density at radius 2 is 0.727 bits per heavy atom. The Labute approximate surface area is 501 Å². The molecule has 414 valence electrons. The first-order valence-electron chi connectivity index (χ1n) is 28.3. The van der Waals surface area contributed by atoms with Gasteiger partial charge in [-0.15, -0.1) is 0 Å². The van der Waals surface area contributed by atoms with Crippen LogP contribution in [0.4, 0.5) is 13.2 Å². The highest BCUT2D eigenvalue weighted by Crippen LogP contribution is 2.45. The van der Waals surface area contributed by atoms with Crippen LogP contribution >= 0.6 is 0 Å². The molecule has 0 bridgehead atoms. The zero-order valence-electron chi connectivity index (χ0n) is 46.4. The molecule has 88 heavy (non-hydrogen) atoms. The highest BCUT2D eigenvalue weighted by molar-refractivity contribution is 6.12. The maximum Gasteiger partial charge on any atom is 0.417 e. The van der Waals surface area contributed by atoms with Gasteiger partial charge in [-0.3, -0.25) is 0 Å². The highest BCUT2D eigenvalue weighted by atomic mass is 19.4. The second-order valence-corrected chi connectivity index (χ2v) is 21.2. The van der Waals surface area contributed by atoms with Gasteiger partial charge in [0.15, 0.2) is 34.9 Å². The molecule has 0 atom stereocenters. The fourth-order valence-corrected chi connectivity index (χ4v) is 11.8. The average molecular weight is 1140 g/mol. The summed E-state index contributed by atoms with van der Waals surface area (Å²) in [5, 5.41) is 24.6. The number of nitriles is 2. The first-order chi connectivity index (χ1) is 43.1. The van der Waals surface area contributed by atoms with Crippen LogP contribution in [0.15, 0.2) is 261 Å². The van der Waals surface area contributed by atoms with Gasteiger partial charge in [-0.1, -0.05) is 170 Å². The molecule has 0 saturated heterocycles. The molecule has 15 rings (SSSR count). The van der Waals surface area contributed by atoms with E-state index in [-0.39, 0.29) is 16.7 Å². The molecule has 4 aromatic heterocycles. The van der Waals surface area contributed by atoms with Crippen LogP contribution in [0.5, 0.6) is 0 Å². The molecular weight excluding hydrogens is 1100 g/mol. The van der Waals surface area contributed by atoms with Crippen molar-refractivity contribution < 1.29 is 13.2 Å². The van der Waals surface area contributed by atoms with Gasteiger partial charge in [-0.05, 0) is 102 Å². The normalized spacial score (nSPS) is 11.6. The Morgan fingerprint density at radius 1 is 0.307 bits per heavy atom. The Balaban J connectivity index is 0.933. The number of alkyl halides is 3. The number of fused-ring (bicyclic) bond motifs is 6. The third kappa shape index (κ3) is 9.33. The van der Waals surface area contributed by atoms with Crippen molar-refractivity contribution in [2.45, 2.75) is 6.18 Å². The number of hydrogen-bond donors (Lipinski definition) is 0.